The Morgan fingerprint density at radius 3 is 2.24 bits per heavy atom. The Morgan fingerprint density at radius 2 is 1.62 bits per heavy atom. The van der Waals surface area contributed by atoms with Crippen molar-refractivity contribution in [2.45, 2.75) is 13.0 Å². The summed E-state index contributed by atoms with van der Waals surface area (Å²) in [7, 11) is 5.86. The minimum atomic E-state index is -0.831. The predicted molar refractivity (Wildman–Crippen MR) is 128 cm³/mol. The van der Waals surface area contributed by atoms with Gasteiger partial charge in [-0.15, -0.1) is 0 Å². The Hall–Kier alpha value is -4.27. The van der Waals surface area contributed by atoms with Gasteiger partial charge in [0.2, 0.25) is 5.75 Å². The van der Waals surface area contributed by atoms with Crippen LogP contribution in [0, 0.1) is 0 Å². The summed E-state index contributed by atoms with van der Waals surface area (Å²) in [5, 5.41) is 4.38. The molecular weight excluding hydrogens is 438 g/mol. The fraction of sp³-hybridized carbons (Fsp3) is 0.240. The fourth-order valence-electron chi connectivity index (χ4n) is 3.89. The maximum atomic E-state index is 13.0. The molecule has 0 radical (unpaired) electrons. The second kappa shape index (κ2) is 9.30. The molecule has 1 atom stereocenters. The number of para-hydroxylation sites is 1. The van der Waals surface area contributed by atoms with Gasteiger partial charge < -0.3 is 29.2 Å². The molecule has 0 aliphatic rings. The minimum Gasteiger partial charge on any atom is -0.493 e. The molecule has 0 aliphatic carbocycles. The standard InChI is InChI=1S/C25H25N3O6/c1-13(25(30)34-5)26-24(29)18-12-16-15-8-6-7-9-17(15)27-22(16)21(28-18)14-10-19(31-2)23(33-4)20(11-14)32-3/h6-13,27H,1-5H3,(H,26,29)/t13-/m1/s1. The fourth-order valence-corrected chi connectivity index (χ4v) is 3.89. The zero-order chi connectivity index (χ0) is 24.4. The summed E-state index contributed by atoms with van der Waals surface area (Å²) in [4.78, 5) is 32.9. The molecule has 0 spiro atoms. The molecule has 0 saturated heterocycles. The molecule has 9 nitrogen and oxygen atoms in total. The molecule has 2 aromatic carbocycles. The number of benzene rings is 2. The second-order valence-electron chi connectivity index (χ2n) is 7.58. The molecule has 0 fully saturated rings. The topological polar surface area (TPSA) is 112 Å². The SMILES string of the molecule is COC(=O)[C@@H](C)NC(=O)c1cc2c([nH]c3ccccc32)c(-c2cc(OC)c(OC)c(OC)c2)n1. The van der Waals surface area contributed by atoms with Gasteiger partial charge in [0.1, 0.15) is 11.7 Å². The minimum absolute atomic E-state index is 0.150. The van der Waals surface area contributed by atoms with Crippen molar-refractivity contribution in [1.29, 1.82) is 0 Å². The van der Waals surface area contributed by atoms with Crippen molar-refractivity contribution in [2.75, 3.05) is 28.4 Å². The van der Waals surface area contributed by atoms with Gasteiger partial charge in [-0.3, -0.25) is 4.79 Å². The van der Waals surface area contributed by atoms with E-state index in [4.69, 9.17) is 18.9 Å². The Morgan fingerprint density at radius 1 is 0.941 bits per heavy atom. The summed E-state index contributed by atoms with van der Waals surface area (Å²) < 4.78 is 21.2. The molecule has 2 heterocycles. The molecule has 0 saturated carbocycles. The highest BCUT2D eigenvalue weighted by atomic mass is 16.5. The first-order valence-corrected chi connectivity index (χ1v) is 10.5. The number of carbonyl (C=O) groups is 2. The molecule has 9 heteroatoms. The maximum absolute atomic E-state index is 13.0. The van der Waals surface area contributed by atoms with Gasteiger partial charge in [0.25, 0.3) is 5.91 Å². The highest BCUT2D eigenvalue weighted by molar-refractivity contribution is 6.13. The molecule has 0 aliphatic heterocycles. The number of nitrogens with one attached hydrogen (secondary N) is 2. The van der Waals surface area contributed by atoms with E-state index in [1.807, 2.05) is 24.3 Å². The lowest BCUT2D eigenvalue weighted by Gasteiger charge is -2.15. The van der Waals surface area contributed by atoms with E-state index in [2.05, 4.69) is 15.3 Å². The Balaban J connectivity index is 1.96. The van der Waals surface area contributed by atoms with E-state index in [0.29, 0.717) is 28.5 Å². The summed E-state index contributed by atoms with van der Waals surface area (Å²) in [5.41, 5.74) is 2.96. The van der Waals surface area contributed by atoms with Gasteiger partial charge >= 0.3 is 5.97 Å². The van der Waals surface area contributed by atoms with E-state index in [-0.39, 0.29) is 5.69 Å². The van der Waals surface area contributed by atoms with E-state index < -0.39 is 17.9 Å². The number of hydrogen-bond donors (Lipinski definition) is 2. The number of fused-ring (bicyclic) bond motifs is 3. The number of pyridine rings is 1. The van der Waals surface area contributed by atoms with E-state index in [0.717, 1.165) is 21.8 Å². The number of hydrogen-bond acceptors (Lipinski definition) is 7. The number of ether oxygens (including phenoxy) is 4. The molecule has 4 aromatic rings. The van der Waals surface area contributed by atoms with E-state index >= 15 is 0 Å². The molecule has 176 valence electrons. The van der Waals surface area contributed by atoms with Gasteiger partial charge in [-0.05, 0) is 31.2 Å². The van der Waals surface area contributed by atoms with Crippen LogP contribution in [0.1, 0.15) is 17.4 Å². The number of H-pyrrole nitrogens is 1. The van der Waals surface area contributed by atoms with Gasteiger partial charge in [-0.1, -0.05) is 18.2 Å². The first kappa shape index (κ1) is 22.9. The lowest BCUT2D eigenvalue weighted by atomic mass is 10.0. The average Bonchev–Trinajstić information content (AvgIpc) is 3.25. The number of rotatable bonds is 7. The first-order chi connectivity index (χ1) is 16.4. The third kappa shape index (κ3) is 3.96. The van der Waals surface area contributed by atoms with Crippen LogP contribution in [0.15, 0.2) is 42.5 Å². The summed E-state index contributed by atoms with van der Waals surface area (Å²) in [5.74, 6) is 0.307. The number of nitrogens with zero attached hydrogens (tertiary/aromatic N) is 1. The number of methoxy groups -OCH3 is 4. The summed E-state index contributed by atoms with van der Waals surface area (Å²) in [6.07, 6.45) is 0. The Labute approximate surface area is 196 Å². The van der Waals surface area contributed by atoms with E-state index in [9.17, 15) is 9.59 Å². The molecule has 0 unspecified atom stereocenters. The monoisotopic (exact) mass is 463 g/mol. The van der Waals surface area contributed by atoms with Crippen molar-refractivity contribution in [1.82, 2.24) is 15.3 Å². The lowest BCUT2D eigenvalue weighted by molar-refractivity contribution is -0.142. The van der Waals surface area contributed by atoms with Gasteiger partial charge in [-0.2, -0.15) is 0 Å². The Kier molecular flexibility index (Phi) is 6.27. The van der Waals surface area contributed by atoms with Gasteiger partial charge in [0, 0.05) is 21.9 Å². The van der Waals surface area contributed by atoms with Crippen LogP contribution < -0.4 is 19.5 Å². The van der Waals surface area contributed by atoms with Crippen molar-refractivity contribution in [2.24, 2.45) is 0 Å². The molecule has 4 rings (SSSR count). The molecule has 0 bridgehead atoms. The normalized spacial score (nSPS) is 11.8. The van der Waals surface area contributed by atoms with E-state index in [1.165, 1.54) is 28.4 Å². The van der Waals surface area contributed by atoms with Crippen molar-refractivity contribution < 1.29 is 28.5 Å². The molecule has 34 heavy (non-hydrogen) atoms. The lowest BCUT2D eigenvalue weighted by Crippen LogP contribution is -2.39. The summed E-state index contributed by atoms with van der Waals surface area (Å²) >= 11 is 0. The third-order valence-electron chi connectivity index (χ3n) is 5.57. The van der Waals surface area contributed by atoms with Gasteiger partial charge in [0.05, 0.1) is 39.6 Å². The second-order valence-corrected chi connectivity index (χ2v) is 7.58. The van der Waals surface area contributed by atoms with Crippen molar-refractivity contribution in [3.8, 4) is 28.5 Å². The zero-order valence-electron chi connectivity index (χ0n) is 19.5. The Bertz CT molecular complexity index is 1370. The number of carbonyl (C=O) groups excluding carboxylic acids is 2. The van der Waals surface area contributed by atoms with Crippen LogP contribution in [0.4, 0.5) is 0 Å². The highest BCUT2D eigenvalue weighted by Crippen LogP contribution is 2.42. The number of amides is 1. The van der Waals surface area contributed by atoms with Gasteiger partial charge in [-0.25, -0.2) is 9.78 Å². The van der Waals surface area contributed by atoms with Crippen LogP contribution in [-0.4, -0.2) is 56.3 Å². The van der Waals surface area contributed by atoms with Crippen molar-refractivity contribution in [3.05, 3.63) is 48.2 Å². The summed E-state index contributed by atoms with van der Waals surface area (Å²) in [6.45, 7) is 1.55. The van der Waals surface area contributed by atoms with Gasteiger partial charge in [0.15, 0.2) is 11.5 Å². The molecule has 2 N–H and O–H groups in total. The van der Waals surface area contributed by atoms with Crippen LogP contribution in [0.2, 0.25) is 0 Å². The van der Waals surface area contributed by atoms with Crippen LogP contribution in [0.25, 0.3) is 33.1 Å². The summed E-state index contributed by atoms with van der Waals surface area (Å²) in [6, 6.07) is 12.2. The van der Waals surface area contributed by atoms with Crippen LogP contribution in [-0.2, 0) is 9.53 Å². The van der Waals surface area contributed by atoms with Crippen molar-refractivity contribution >= 4 is 33.7 Å². The van der Waals surface area contributed by atoms with Crippen LogP contribution in [0.5, 0.6) is 17.2 Å². The largest absolute Gasteiger partial charge is 0.493 e. The number of esters is 1. The highest BCUT2D eigenvalue weighted by Gasteiger charge is 2.22. The number of aromatic amines is 1. The average molecular weight is 463 g/mol. The zero-order valence-corrected chi connectivity index (χ0v) is 19.5. The van der Waals surface area contributed by atoms with E-state index in [1.54, 1.807) is 25.1 Å². The quantitative estimate of drug-likeness (QED) is 0.402. The number of aromatic nitrogens is 2. The molecule has 2 aromatic heterocycles. The van der Waals surface area contributed by atoms with Crippen molar-refractivity contribution in [3.63, 3.8) is 0 Å². The van der Waals surface area contributed by atoms with Crippen LogP contribution >= 0.6 is 0 Å². The van der Waals surface area contributed by atoms with Crippen LogP contribution in [0.3, 0.4) is 0 Å². The maximum Gasteiger partial charge on any atom is 0.328 e. The molecular formula is C25H25N3O6. The first-order valence-electron chi connectivity index (χ1n) is 10.5. The molecule has 1 amide bonds. The smallest absolute Gasteiger partial charge is 0.328 e. The predicted octanol–water partition coefficient (Wildman–Crippen LogP) is 3.70. The third-order valence-corrected chi connectivity index (χ3v) is 5.57.